The van der Waals surface area contributed by atoms with Gasteiger partial charge in [-0.1, -0.05) is 0 Å². The Bertz CT molecular complexity index is 509. The zero-order valence-corrected chi connectivity index (χ0v) is 13.1. The van der Waals surface area contributed by atoms with Crippen molar-refractivity contribution in [1.29, 1.82) is 0 Å². The number of aryl methyl sites for hydroxylation is 1. The molecule has 1 nitrogen and oxygen atoms in total. The van der Waals surface area contributed by atoms with Crippen LogP contribution in [-0.4, -0.2) is 18.3 Å². The van der Waals surface area contributed by atoms with Gasteiger partial charge in [0.15, 0.2) is 0 Å². The van der Waals surface area contributed by atoms with Gasteiger partial charge in [0.1, 0.15) is 0 Å². The second-order valence-corrected chi connectivity index (χ2v) is 16.1. The van der Waals surface area contributed by atoms with Crippen molar-refractivity contribution < 1.29 is 0 Å². The minimum absolute atomic E-state index is 1.08. The molecule has 0 atom stereocenters. The molecule has 0 fully saturated rings. The van der Waals surface area contributed by atoms with Crippen LogP contribution in [-0.2, 0) is 0 Å². The molecule has 88 valence electrons. The first-order valence-electron chi connectivity index (χ1n) is 6.01. The van der Waals surface area contributed by atoms with Crippen LogP contribution in [0.25, 0.3) is 11.3 Å². The van der Waals surface area contributed by atoms with Crippen molar-refractivity contribution in [2.75, 3.05) is 0 Å². The molecule has 0 aliphatic rings. The summed E-state index contributed by atoms with van der Waals surface area (Å²) in [6.07, 6.45) is 2.07. The van der Waals surface area contributed by atoms with E-state index in [1.807, 2.05) is 0 Å². The molecule has 1 heterocycles. The number of hydrogen-bond donors (Lipinski definition) is 0. The fraction of sp³-hybridized carbons (Fsp3) is 0.267. The Hall–Kier alpha value is -1.09. The maximum atomic E-state index is 4.62. The summed E-state index contributed by atoms with van der Waals surface area (Å²) < 4.78 is 1.46. The molecular weight excluding hydrogens is 267 g/mol. The van der Waals surface area contributed by atoms with E-state index < -0.39 is 13.3 Å². The Morgan fingerprint density at radius 3 is 2.18 bits per heavy atom. The summed E-state index contributed by atoms with van der Waals surface area (Å²) in [5.74, 6) is 7.18. The van der Waals surface area contributed by atoms with Crippen molar-refractivity contribution in [1.82, 2.24) is 4.98 Å². The number of hydrogen-bond acceptors (Lipinski definition) is 1. The van der Waals surface area contributed by atoms with Crippen LogP contribution in [0.5, 0.6) is 0 Å². The molecule has 2 rings (SSSR count). The van der Waals surface area contributed by atoms with E-state index in [1.54, 1.807) is 0 Å². The van der Waals surface area contributed by atoms with Gasteiger partial charge in [-0.25, -0.2) is 0 Å². The third-order valence-electron chi connectivity index (χ3n) is 3.05. The van der Waals surface area contributed by atoms with Crippen molar-refractivity contribution in [3.8, 4) is 11.3 Å². The fourth-order valence-electron chi connectivity index (χ4n) is 1.86. The van der Waals surface area contributed by atoms with Crippen molar-refractivity contribution in [3.05, 3.63) is 48.2 Å². The molecule has 17 heavy (non-hydrogen) atoms. The van der Waals surface area contributed by atoms with E-state index in [-0.39, 0.29) is 0 Å². The van der Waals surface area contributed by atoms with Crippen LogP contribution in [0, 0.1) is 6.92 Å². The summed E-state index contributed by atoms with van der Waals surface area (Å²) in [6.45, 7) is 2.13. The Morgan fingerprint density at radius 2 is 1.65 bits per heavy atom. The molecule has 0 spiro atoms. The summed E-state index contributed by atoms with van der Waals surface area (Å²) in [5.41, 5.74) is 3.60. The van der Waals surface area contributed by atoms with Crippen molar-refractivity contribution in [2.45, 2.75) is 24.2 Å². The van der Waals surface area contributed by atoms with Crippen molar-refractivity contribution in [3.63, 3.8) is 0 Å². The Balaban J connectivity index is 2.40. The summed E-state index contributed by atoms with van der Waals surface area (Å²) in [4.78, 5) is 4.62. The average molecular weight is 286 g/mol. The molecule has 0 saturated carbocycles. The van der Waals surface area contributed by atoms with E-state index in [0.29, 0.717) is 0 Å². The number of pyridine rings is 1. The van der Waals surface area contributed by atoms with Gasteiger partial charge in [0.05, 0.1) is 0 Å². The fourth-order valence-corrected chi connectivity index (χ4v) is 4.03. The molecule has 1 aromatic heterocycles. The molecule has 0 saturated heterocycles. The first kappa shape index (κ1) is 12.4. The molecule has 0 aliphatic carbocycles. The Morgan fingerprint density at radius 1 is 0.941 bits per heavy atom. The first-order chi connectivity index (χ1) is 7.98. The molecular formula is C15H19GeN. The van der Waals surface area contributed by atoms with Crippen molar-refractivity contribution >= 4 is 17.7 Å². The standard InChI is InChI=1S/C15H19GeN/c1-12-7-5-6-8-14(12)15-10-9-13(11-17-15)16(2,3)4/h5-11H,1-4H3. The summed E-state index contributed by atoms with van der Waals surface area (Å²) >= 11 is -1.72. The molecule has 0 aliphatic heterocycles. The normalized spacial score (nSPS) is 11.5. The van der Waals surface area contributed by atoms with Crippen LogP contribution in [0.2, 0.25) is 17.3 Å². The van der Waals surface area contributed by atoms with E-state index in [9.17, 15) is 0 Å². The van der Waals surface area contributed by atoms with Gasteiger partial charge >= 0.3 is 106 Å². The third kappa shape index (κ3) is 2.78. The topological polar surface area (TPSA) is 12.9 Å². The van der Waals surface area contributed by atoms with Gasteiger partial charge in [-0.15, -0.1) is 0 Å². The van der Waals surface area contributed by atoms with Gasteiger partial charge in [0.25, 0.3) is 0 Å². The summed E-state index contributed by atoms with van der Waals surface area (Å²) in [5, 5.41) is 0. The van der Waals surface area contributed by atoms with Gasteiger partial charge in [0, 0.05) is 0 Å². The van der Waals surface area contributed by atoms with E-state index in [0.717, 1.165) is 5.69 Å². The van der Waals surface area contributed by atoms with Crippen LogP contribution in [0.4, 0.5) is 0 Å². The van der Waals surface area contributed by atoms with E-state index >= 15 is 0 Å². The summed E-state index contributed by atoms with van der Waals surface area (Å²) in [6, 6.07) is 12.8. The van der Waals surface area contributed by atoms with Gasteiger partial charge in [-0.05, 0) is 0 Å². The third-order valence-corrected chi connectivity index (χ3v) is 7.31. The summed E-state index contributed by atoms with van der Waals surface area (Å²) in [7, 11) is 0. The Labute approximate surface area is 106 Å². The van der Waals surface area contributed by atoms with Crippen LogP contribution in [0.3, 0.4) is 0 Å². The molecule has 2 heteroatoms. The zero-order chi connectivity index (χ0) is 12.5. The monoisotopic (exact) mass is 287 g/mol. The van der Waals surface area contributed by atoms with Gasteiger partial charge < -0.3 is 0 Å². The van der Waals surface area contributed by atoms with E-state index in [4.69, 9.17) is 0 Å². The molecule has 0 amide bonds. The number of aromatic nitrogens is 1. The minimum atomic E-state index is -1.72. The number of rotatable bonds is 2. The molecule has 2 aromatic rings. The molecule has 0 bridgehead atoms. The first-order valence-corrected chi connectivity index (χ1v) is 13.4. The predicted molar refractivity (Wildman–Crippen MR) is 77.4 cm³/mol. The molecule has 0 N–H and O–H groups in total. The maximum absolute atomic E-state index is 4.62. The number of nitrogens with zero attached hydrogens (tertiary/aromatic N) is 1. The average Bonchev–Trinajstić information content (AvgIpc) is 2.29. The van der Waals surface area contributed by atoms with E-state index in [2.05, 4.69) is 71.8 Å². The quantitative estimate of drug-likeness (QED) is 0.769. The number of benzene rings is 1. The second-order valence-electron chi connectivity index (χ2n) is 5.50. The van der Waals surface area contributed by atoms with Gasteiger partial charge in [0.2, 0.25) is 0 Å². The SMILES string of the molecule is Cc1ccccc1-c1cc[c]([Ge]([CH3])([CH3])[CH3])cn1. The molecule has 0 unspecified atom stereocenters. The van der Waals surface area contributed by atoms with Crippen LogP contribution in [0.1, 0.15) is 5.56 Å². The second kappa shape index (κ2) is 4.65. The van der Waals surface area contributed by atoms with Gasteiger partial charge in [-0.2, -0.15) is 0 Å². The van der Waals surface area contributed by atoms with Crippen LogP contribution in [0.15, 0.2) is 42.6 Å². The van der Waals surface area contributed by atoms with Gasteiger partial charge in [-0.3, -0.25) is 0 Å². The molecule has 1 aromatic carbocycles. The zero-order valence-electron chi connectivity index (χ0n) is 11.0. The van der Waals surface area contributed by atoms with Crippen LogP contribution >= 0.6 is 0 Å². The predicted octanol–water partition coefficient (Wildman–Crippen LogP) is 3.60. The van der Waals surface area contributed by atoms with E-state index in [1.165, 1.54) is 15.5 Å². The van der Waals surface area contributed by atoms with Crippen LogP contribution < -0.4 is 4.40 Å². The Kier molecular flexibility index (Phi) is 3.38. The molecule has 0 radical (unpaired) electrons. The van der Waals surface area contributed by atoms with Crippen molar-refractivity contribution in [2.24, 2.45) is 0 Å².